The van der Waals surface area contributed by atoms with Crippen molar-refractivity contribution < 1.29 is 0 Å². The highest BCUT2D eigenvalue weighted by Gasteiger charge is 1.83. The van der Waals surface area contributed by atoms with Gasteiger partial charge >= 0.3 is 0 Å². The molecule has 8 heteroatoms. The maximum Gasteiger partial charge on any atom is 0.0825 e. The van der Waals surface area contributed by atoms with Gasteiger partial charge in [-0.15, -0.1) is 0 Å². The molecule has 0 fully saturated rings. The number of hydrazone groups is 1. The van der Waals surface area contributed by atoms with E-state index >= 15 is 0 Å². The van der Waals surface area contributed by atoms with E-state index in [2.05, 4.69) is 42.0 Å². The van der Waals surface area contributed by atoms with Gasteiger partial charge in [-0.3, -0.25) is 9.98 Å². The van der Waals surface area contributed by atoms with Gasteiger partial charge in [-0.1, -0.05) is 6.08 Å². The predicted molar refractivity (Wildman–Crippen MR) is 84.1 cm³/mol. The van der Waals surface area contributed by atoms with Gasteiger partial charge in [0.05, 0.1) is 25.8 Å². The summed E-state index contributed by atoms with van der Waals surface area (Å²) in [5.74, 6) is 0. The lowest BCUT2D eigenvalue weighted by molar-refractivity contribution is 0.727. The zero-order valence-electron chi connectivity index (χ0n) is 11.7. The zero-order valence-corrected chi connectivity index (χ0v) is 11.7. The molecule has 0 aromatic rings. The highest BCUT2D eigenvalue weighted by Crippen LogP contribution is 1.75. The Kier molecular flexibility index (Phi) is 10.7. The summed E-state index contributed by atoms with van der Waals surface area (Å²) in [5.41, 5.74) is 8.44. The molecule has 0 aromatic heterocycles. The third-order valence-electron chi connectivity index (χ3n) is 2.23. The average Bonchev–Trinajstić information content (AvgIpc) is 3.40. The van der Waals surface area contributed by atoms with Crippen molar-refractivity contribution in [1.82, 2.24) is 26.9 Å². The lowest BCUT2D eigenvalue weighted by atomic mass is 10.5. The van der Waals surface area contributed by atoms with E-state index in [1.54, 1.807) is 12.7 Å². The van der Waals surface area contributed by atoms with E-state index in [-0.39, 0.29) is 0 Å². The summed E-state index contributed by atoms with van der Waals surface area (Å²) in [5, 5.41) is 9.57. The molecule has 0 spiro atoms. The molecule has 4 heterocycles. The topological polar surface area (TPSA) is 97.2 Å². The summed E-state index contributed by atoms with van der Waals surface area (Å²) in [7, 11) is 0. The summed E-state index contributed by atoms with van der Waals surface area (Å²) in [6.07, 6.45) is 10.3. The van der Waals surface area contributed by atoms with Crippen LogP contribution in [0.3, 0.4) is 0 Å². The van der Waals surface area contributed by atoms with Crippen molar-refractivity contribution in [3.63, 3.8) is 0 Å². The number of nitrogens with zero attached hydrogens (tertiary/aromatic N) is 3. The van der Waals surface area contributed by atoms with Crippen LogP contribution in [0.25, 0.3) is 0 Å². The number of hydrogen-bond acceptors (Lipinski definition) is 8. The molecule has 112 valence electrons. The SMILES string of the molecule is C1=CNNC1.C1=NCCN1.C1=NCCN1.C1=NNCC1. The fraction of sp³-hybridized carbons (Fsp3) is 0.583. The predicted octanol–water partition coefficient (Wildman–Crippen LogP) is -1.19. The van der Waals surface area contributed by atoms with Gasteiger partial charge in [0.25, 0.3) is 0 Å². The second-order valence-corrected chi connectivity index (χ2v) is 3.91. The first-order chi connectivity index (χ1) is 10.0. The number of rotatable bonds is 0. The van der Waals surface area contributed by atoms with Crippen LogP contribution in [0.2, 0.25) is 0 Å². The van der Waals surface area contributed by atoms with Gasteiger partial charge in [0.1, 0.15) is 0 Å². The third kappa shape index (κ3) is 11.0. The Hall–Kier alpha value is -2.09. The van der Waals surface area contributed by atoms with Crippen molar-refractivity contribution in [2.75, 3.05) is 39.3 Å². The Morgan fingerprint density at radius 2 is 1.65 bits per heavy atom. The van der Waals surface area contributed by atoms with Crippen LogP contribution in [0.5, 0.6) is 0 Å². The van der Waals surface area contributed by atoms with Gasteiger partial charge < -0.3 is 21.5 Å². The van der Waals surface area contributed by atoms with Crippen molar-refractivity contribution in [3.8, 4) is 0 Å². The maximum atomic E-state index is 3.85. The molecule has 5 N–H and O–H groups in total. The number of nitrogens with one attached hydrogen (secondary N) is 5. The monoisotopic (exact) mass is 280 g/mol. The van der Waals surface area contributed by atoms with E-state index in [1.807, 2.05) is 18.5 Å². The first-order valence-corrected chi connectivity index (χ1v) is 6.81. The van der Waals surface area contributed by atoms with Crippen LogP contribution in [0.1, 0.15) is 6.42 Å². The van der Waals surface area contributed by atoms with Crippen LogP contribution >= 0.6 is 0 Å². The Bertz CT molecular complexity index is 235. The van der Waals surface area contributed by atoms with Gasteiger partial charge in [-0.25, -0.2) is 5.43 Å². The minimum absolute atomic E-state index is 0.958. The van der Waals surface area contributed by atoms with Crippen LogP contribution < -0.4 is 26.9 Å². The summed E-state index contributed by atoms with van der Waals surface area (Å²) < 4.78 is 0. The highest BCUT2D eigenvalue weighted by molar-refractivity contribution is 5.58. The molecule has 8 nitrogen and oxygen atoms in total. The Labute approximate surface area is 119 Å². The van der Waals surface area contributed by atoms with Crippen LogP contribution in [-0.2, 0) is 0 Å². The average molecular weight is 280 g/mol. The van der Waals surface area contributed by atoms with Gasteiger partial charge in [0.15, 0.2) is 0 Å². The fourth-order valence-corrected chi connectivity index (χ4v) is 1.26. The maximum absolute atomic E-state index is 3.85. The summed E-state index contributed by atoms with van der Waals surface area (Å²) in [6.45, 7) is 5.96. The summed E-state index contributed by atoms with van der Waals surface area (Å²) >= 11 is 0. The highest BCUT2D eigenvalue weighted by atomic mass is 15.4. The first kappa shape index (κ1) is 16.0. The van der Waals surface area contributed by atoms with E-state index in [0.717, 1.165) is 45.7 Å². The number of hydrazine groups is 1. The molecule has 0 bridgehead atoms. The van der Waals surface area contributed by atoms with E-state index in [9.17, 15) is 0 Å². The van der Waals surface area contributed by atoms with Crippen molar-refractivity contribution in [1.29, 1.82) is 0 Å². The lowest BCUT2D eigenvalue weighted by Crippen LogP contribution is -2.19. The lowest BCUT2D eigenvalue weighted by Gasteiger charge is -1.83. The molecule has 0 saturated heterocycles. The summed E-state index contributed by atoms with van der Waals surface area (Å²) in [4.78, 5) is 7.69. The van der Waals surface area contributed by atoms with E-state index in [0.29, 0.717) is 0 Å². The Morgan fingerprint density at radius 1 is 0.900 bits per heavy atom. The molecule has 20 heavy (non-hydrogen) atoms. The van der Waals surface area contributed by atoms with E-state index < -0.39 is 0 Å². The standard InChI is InChI=1S/4C3H6N2/c2*1-2-5-3-4-1;2*1-2-4-5-3-1/h2*3H,1-2H2,(H,4,5);2,5H,1,3H2;1-2,4-5H,3H2. The first-order valence-electron chi connectivity index (χ1n) is 6.81. The van der Waals surface area contributed by atoms with Gasteiger partial charge in [0.2, 0.25) is 0 Å². The van der Waals surface area contributed by atoms with Crippen molar-refractivity contribution in [3.05, 3.63) is 12.3 Å². The van der Waals surface area contributed by atoms with Crippen molar-refractivity contribution in [2.24, 2.45) is 15.1 Å². The quantitative estimate of drug-likeness (QED) is 0.384. The third-order valence-corrected chi connectivity index (χ3v) is 2.23. The molecule has 0 amide bonds. The summed E-state index contributed by atoms with van der Waals surface area (Å²) in [6, 6.07) is 0. The normalized spacial score (nSPS) is 19.2. The molecule has 0 aliphatic carbocycles. The van der Waals surface area contributed by atoms with Crippen molar-refractivity contribution in [2.45, 2.75) is 6.42 Å². The zero-order chi connectivity index (χ0) is 14.1. The van der Waals surface area contributed by atoms with Crippen LogP contribution in [0.15, 0.2) is 27.4 Å². The van der Waals surface area contributed by atoms with Gasteiger partial charge in [-0.2, -0.15) is 5.10 Å². The van der Waals surface area contributed by atoms with Crippen molar-refractivity contribution >= 4 is 18.9 Å². The van der Waals surface area contributed by atoms with Crippen LogP contribution in [0, 0.1) is 0 Å². The molecule has 0 unspecified atom stereocenters. The molecule has 4 aliphatic rings. The fourth-order valence-electron chi connectivity index (χ4n) is 1.26. The number of hydrogen-bond donors (Lipinski definition) is 5. The molecule has 0 radical (unpaired) electrons. The molecule has 0 atom stereocenters. The molecule has 0 aromatic carbocycles. The molecule has 0 saturated carbocycles. The molecular weight excluding hydrogens is 256 g/mol. The minimum Gasteiger partial charge on any atom is -0.375 e. The molecular formula is C12H24N8. The second kappa shape index (κ2) is 13.3. The second-order valence-electron chi connectivity index (χ2n) is 3.91. The Morgan fingerprint density at radius 3 is 1.80 bits per heavy atom. The van der Waals surface area contributed by atoms with Gasteiger partial charge in [0, 0.05) is 45.0 Å². The minimum atomic E-state index is 0.958. The number of aliphatic imine (C=N–C) groups is 2. The Balaban J connectivity index is 0.000000133. The largest absolute Gasteiger partial charge is 0.375 e. The van der Waals surface area contributed by atoms with Gasteiger partial charge in [-0.05, 0) is 0 Å². The van der Waals surface area contributed by atoms with E-state index in [4.69, 9.17) is 0 Å². The van der Waals surface area contributed by atoms with Crippen LogP contribution in [-0.4, -0.2) is 58.2 Å². The van der Waals surface area contributed by atoms with Crippen LogP contribution in [0.4, 0.5) is 0 Å². The van der Waals surface area contributed by atoms with E-state index in [1.165, 1.54) is 0 Å². The molecule has 4 rings (SSSR count). The molecule has 4 aliphatic heterocycles. The smallest absolute Gasteiger partial charge is 0.0825 e.